The summed E-state index contributed by atoms with van der Waals surface area (Å²) in [5.74, 6) is 0.147. The minimum Gasteiger partial charge on any atom is -0.302 e. The van der Waals surface area contributed by atoms with E-state index in [0.29, 0.717) is 5.92 Å². The van der Waals surface area contributed by atoms with Gasteiger partial charge in [-0.15, -0.1) is 0 Å². The molecule has 0 spiro atoms. The molecule has 6 nitrogen and oxygen atoms in total. The molecule has 0 atom stereocenters. The van der Waals surface area contributed by atoms with Crippen LogP contribution in [-0.2, 0) is 17.8 Å². The van der Waals surface area contributed by atoms with E-state index in [1.54, 1.807) is 11.6 Å². The van der Waals surface area contributed by atoms with Crippen molar-refractivity contribution in [3.8, 4) is 0 Å². The summed E-state index contributed by atoms with van der Waals surface area (Å²) in [5, 5.41) is 8.57. The van der Waals surface area contributed by atoms with E-state index < -0.39 is 5.91 Å². The quantitative estimate of drug-likeness (QED) is 0.410. The van der Waals surface area contributed by atoms with Gasteiger partial charge in [0.15, 0.2) is 0 Å². The molecule has 26 heavy (non-hydrogen) atoms. The molecule has 2 heterocycles. The lowest BCUT2D eigenvalue weighted by Crippen LogP contribution is -2.26. The second kappa shape index (κ2) is 9.50. The number of imidazole rings is 1. The van der Waals surface area contributed by atoms with Gasteiger partial charge in [-0.2, -0.15) is 0 Å². The summed E-state index contributed by atoms with van der Waals surface area (Å²) >= 11 is 0. The van der Waals surface area contributed by atoms with Crippen molar-refractivity contribution >= 4 is 17.6 Å². The Hall–Kier alpha value is -2.18. The van der Waals surface area contributed by atoms with Crippen LogP contribution in [-0.4, -0.2) is 38.5 Å². The highest BCUT2D eigenvalue weighted by Gasteiger charge is 2.14. The number of aryl methyl sites for hydroxylation is 1. The Morgan fingerprint density at radius 1 is 1.42 bits per heavy atom. The van der Waals surface area contributed by atoms with Crippen LogP contribution in [0.15, 0.2) is 24.4 Å². The zero-order valence-electron chi connectivity index (χ0n) is 16.2. The van der Waals surface area contributed by atoms with Crippen LogP contribution in [0.1, 0.15) is 51.1 Å². The smallest absolute Gasteiger partial charge is 0.267 e. The molecule has 2 aromatic rings. The van der Waals surface area contributed by atoms with Crippen LogP contribution >= 0.6 is 0 Å². The Morgan fingerprint density at radius 3 is 2.81 bits per heavy atom. The maximum atomic E-state index is 11.1. The van der Waals surface area contributed by atoms with Crippen LogP contribution in [0, 0.1) is 5.92 Å². The van der Waals surface area contributed by atoms with Crippen LogP contribution in [0.5, 0.6) is 0 Å². The third-order valence-corrected chi connectivity index (χ3v) is 4.55. The van der Waals surface area contributed by atoms with Gasteiger partial charge in [0.05, 0.1) is 11.4 Å². The normalized spacial score (nSPS) is 12.0. The molecule has 0 aliphatic rings. The van der Waals surface area contributed by atoms with Crippen LogP contribution < -0.4 is 5.48 Å². The van der Waals surface area contributed by atoms with Gasteiger partial charge in [0.1, 0.15) is 5.65 Å². The Balaban J connectivity index is 2.28. The zero-order valence-corrected chi connectivity index (χ0v) is 16.2. The fourth-order valence-corrected chi connectivity index (χ4v) is 2.92. The molecular weight excluding hydrogens is 328 g/mol. The molecule has 2 aromatic heterocycles. The third kappa shape index (κ3) is 5.16. The number of hydrogen-bond donors (Lipinski definition) is 2. The van der Waals surface area contributed by atoms with Gasteiger partial charge < -0.3 is 4.40 Å². The Morgan fingerprint density at radius 2 is 2.19 bits per heavy atom. The van der Waals surface area contributed by atoms with Crippen molar-refractivity contribution in [3.63, 3.8) is 0 Å². The van der Waals surface area contributed by atoms with Crippen molar-refractivity contribution in [1.82, 2.24) is 19.8 Å². The minimum atomic E-state index is -0.549. The van der Waals surface area contributed by atoms with Crippen molar-refractivity contribution < 1.29 is 10.0 Å². The standard InChI is InChI=1S/C20H30N4O2/c1-5-17-18(14-23(6-2)11-9-15(3)4)24-12-10-16(13-19(24)21-17)7-8-20(25)22-26/h7-8,10,12-13,15,26H,5-6,9,11,14H2,1-4H3,(H,22,25). The molecule has 2 N–H and O–H groups in total. The van der Waals surface area contributed by atoms with E-state index in [-0.39, 0.29) is 0 Å². The predicted octanol–water partition coefficient (Wildman–Crippen LogP) is 3.28. The fourth-order valence-electron chi connectivity index (χ4n) is 2.92. The molecule has 0 aliphatic heterocycles. The van der Waals surface area contributed by atoms with Crippen LogP contribution in [0.25, 0.3) is 11.7 Å². The van der Waals surface area contributed by atoms with Gasteiger partial charge in [0.2, 0.25) is 0 Å². The summed E-state index contributed by atoms with van der Waals surface area (Å²) in [6.45, 7) is 11.8. The molecule has 0 saturated heterocycles. The van der Waals surface area contributed by atoms with E-state index in [1.165, 1.54) is 18.2 Å². The van der Waals surface area contributed by atoms with Crippen molar-refractivity contribution in [2.24, 2.45) is 5.92 Å². The van der Waals surface area contributed by atoms with Gasteiger partial charge in [0.25, 0.3) is 5.91 Å². The zero-order chi connectivity index (χ0) is 19.1. The second-order valence-corrected chi connectivity index (χ2v) is 6.91. The summed E-state index contributed by atoms with van der Waals surface area (Å²) in [4.78, 5) is 18.4. The highest BCUT2D eigenvalue weighted by molar-refractivity contribution is 5.90. The number of carbonyl (C=O) groups excluding carboxylic acids is 1. The number of hydroxylamine groups is 1. The lowest BCUT2D eigenvalue weighted by atomic mass is 10.1. The van der Waals surface area contributed by atoms with E-state index in [4.69, 9.17) is 10.2 Å². The van der Waals surface area contributed by atoms with Crippen LogP contribution in [0.2, 0.25) is 0 Å². The largest absolute Gasteiger partial charge is 0.302 e. The molecule has 1 amide bonds. The molecule has 0 aliphatic carbocycles. The van der Waals surface area contributed by atoms with Gasteiger partial charge in [-0.25, -0.2) is 10.5 Å². The molecule has 2 rings (SSSR count). The van der Waals surface area contributed by atoms with E-state index in [0.717, 1.165) is 43.0 Å². The predicted molar refractivity (Wildman–Crippen MR) is 104 cm³/mol. The van der Waals surface area contributed by atoms with E-state index in [9.17, 15) is 4.79 Å². The number of pyridine rings is 1. The van der Waals surface area contributed by atoms with Gasteiger partial charge in [-0.3, -0.25) is 14.9 Å². The molecule has 0 radical (unpaired) electrons. The van der Waals surface area contributed by atoms with Crippen LogP contribution in [0.3, 0.4) is 0 Å². The monoisotopic (exact) mass is 358 g/mol. The molecule has 0 saturated carbocycles. The number of nitrogens with one attached hydrogen (secondary N) is 1. The SMILES string of the molecule is CCc1nc2cc(C=CC(=O)NO)ccn2c1CN(CC)CCC(C)C. The highest BCUT2D eigenvalue weighted by Crippen LogP contribution is 2.18. The Kier molecular flexibility index (Phi) is 7.36. The number of aromatic nitrogens is 2. The first-order valence-electron chi connectivity index (χ1n) is 9.32. The maximum Gasteiger partial charge on any atom is 0.267 e. The van der Waals surface area contributed by atoms with E-state index in [2.05, 4.69) is 37.0 Å². The molecule has 0 fully saturated rings. The molecule has 0 bridgehead atoms. The van der Waals surface area contributed by atoms with Gasteiger partial charge in [-0.1, -0.05) is 27.7 Å². The molecule has 6 heteroatoms. The average molecular weight is 358 g/mol. The summed E-state index contributed by atoms with van der Waals surface area (Å²) in [6, 6.07) is 3.90. The summed E-state index contributed by atoms with van der Waals surface area (Å²) in [5.41, 5.74) is 5.68. The molecule has 0 unspecified atom stereocenters. The fraction of sp³-hybridized carbons (Fsp3) is 0.500. The number of carbonyl (C=O) groups is 1. The lowest BCUT2D eigenvalue weighted by Gasteiger charge is -2.21. The lowest BCUT2D eigenvalue weighted by molar-refractivity contribution is -0.124. The summed E-state index contributed by atoms with van der Waals surface area (Å²) in [7, 11) is 0. The third-order valence-electron chi connectivity index (χ3n) is 4.55. The van der Waals surface area contributed by atoms with Crippen molar-refractivity contribution in [2.45, 2.75) is 47.1 Å². The Bertz CT molecular complexity index is 765. The van der Waals surface area contributed by atoms with Crippen molar-refractivity contribution in [1.29, 1.82) is 0 Å². The number of rotatable bonds is 9. The highest BCUT2D eigenvalue weighted by atomic mass is 16.5. The van der Waals surface area contributed by atoms with Crippen molar-refractivity contribution in [3.05, 3.63) is 41.4 Å². The maximum absolute atomic E-state index is 11.1. The van der Waals surface area contributed by atoms with Gasteiger partial charge in [-0.05, 0) is 55.6 Å². The second-order valence-electron chi connectivity index (χ2n) is 6.91. The van der Waals surface area contributed by atoms with Crippen LogP contribution in [0.4, 0.5) is 0 Å². The molecule has 142 valence electrons. The summed E-state index contributed by atoms with van der Waals surface area (Å²) < 4.78 is 2.14. The summed E-state index contributed by atoms with van der Waals surface area (Å²) in [6.07, 6.45) is 7.03. The first-order valence-corrected chi connectivity index (χ1v) is 9.32. The average Bonchev–Trinajstić information content (AvgIpc) is 2.99. The van der Waals surface area contributed by atoms with E-state index >= 15 is 0 Å². The van der Waals surface area contributed by atoms with Crippen molar-refractivity contribution in [2.75, 3.05) is 13.1 Å². The number of amides is 1. The first kappa shape index (κ1) is 20.1. The molecule has 0 aromatic carbocycles. The number of nitrogens with zero attached hydrogens (tertiary/aromatic N) is 3. The minimum absolute atomic E-state index is 0.549. The van der Waals surface area contributed by atoms with Gasteiger partial charge >= 0.3 is 0 Å². The van der Waals surface area contributed by atoms with E-state index in [1.807, 2.05) is 18.3 Å². The number of hydrogen-bond acceptors (Lipinski definition) is 4. The first-order chi connectivity index (χ1) is 12.5. The number of fused-ring (bicyclic) bond motifs is 1. The van der Waals surface area contributed by atoms with Gasteiger partial charge in [0, 0.05) is 18.8 Å². The Labute approximate surface area is 155 Å². The molecular formula is C20H30N4O2. The topological polar surface area (TPSA) is 69.9 Å².